The Balaban J connectivity index is 1.82. The molecule has 4 aromatic carbocycles. The van der Waals surface area contributed by atoms with E-state index in [0.29, 0.717) is 32.1 Å². The standard InChI is InChI=1S/C39H44N8O8/c1-7-24-17-26(9-3)34(22-40-42-36-15-13-28(44(48)49)19-38(36)46(52)53)30(11-5)32(24)21-33-25(8-2)18-27(10-4)35(31(33)12-6)23-41-43-37-16-14-29(45(50)51)20-39(37)47(54)55/h13-20,22-23,42-43H,7-12,21H2,1-6H3. The van der Waals surface area contributed by atoms with Crippen molar-refractivity contribution in [3.8, 4) is 0 Å². The molecule has 288 valence electrons. The number of aryl methyl sites for hydroxylation is 4. The first-order chi connectivity index (χ1) is 26.3. The third-order valence-corrected chi connectivity index (χ3v) is 9.66. The molecule has 0 saturated carbocycles. The molecule has 0 heterocycles. The van der Waals surface area contributed by atoms with Crippen LogP contribution in [0.2, 0.25) is 0 Å². The summed E-state index contributed by atoms with van der Waals surface area (Å²) in [6, 6.07) is 11.1. The summed E-state index contributed by atoms with van der Waals surface area (Å²) in [4.78, 5) is 43.1. The minimum atomic E-state index is -0.692. The zero-order valence-electron chi connectivity index (χ0n) is 31.7. The Morgan fingerprint density at radius 1 is 0.491 bits per heavy atom. The van der Waals surface area contributed by atoms with Crippen molar-refractivity contribution in [2.24, 2.45) is 10.2 Å². The maximum absolute atomic E-state index is 11.7. The largest absolute Gasteiger partial charge is 0.301 e. The van der Waals surface area contributed by atoms with Gasteiger partial charge in [-0.3, -0.25) is 51.3 Å². The van der Waals surface area contributed by atoms with E-state index in [1.54, 1.807) is 12.4 Å². The smallest absolute Gasteiger partial charge is 0.272 e. The van der Waals surface area contributed by atoms with E-state index in [0.717, 1.165) is 69.5 Å². The van der Waals surface area contributed by atoms with E-state index < -0.39 is 42.4 Å². The van der Waals surface area contributed by atoms with Crippen LogP contribution in [-0.4, -0.2) is 32.1 Å². The number of hydrogen-bond acceptors (Lipinski definition) is 12. The van der Waals surface area contributed by atoms with Gasteiger partial charge in [-0.15, -0.1) is 0 Å². The molecule has 4 aromatic rings. The zero-order chi connectivity index (χ0) is 40.4. The molecule has 2 N–H and O–H groups in total. The second-order valence-electron chi connectivity index (χ2n) is 12.6. The highest BCUT2D eigenvalue weighted by Gasteiger charge is 2.23. The predicted molar refractivity (Wildman–Crippen MR) is 214 cm³/mol. The van der Waals surface area contributed by atoms with Crippen LogP contribution in [0, 0.1) is 40.5 Å². The summed E-state index contributed by atoms with van der Waals surface area (Å²) in [5.41, 5.74) is 14.6. The van der Waals surface area contributed by atoms with Crippen molar-refractivity contribution in [2.75, 3.05) is 10.9 Å². The summed E-state index contributed by atoms with van der Waals surface area (Å²) in [5.74, 6) is 0. The summed E-state index contributed by atoms with van der Waals surface area (Å²) in [6.45, 7) is 12.5. The Labute approximate surface area is 318 Å². The van der Waals surface area contributed by atoms with Gasteiger partial charge >= 0.3 is 11.4 Å². The fraction of sp³-hybridized carbons (Fsp3) is 0.333. The molecular formula is C39H44N8O8. The molecule has 16 nitrogen and oxygen atoms in total. The van der Waals surface area contributed by atoms with Crippen LogP contribution in [0.4, 0.5) is 34.1 Å². The summed E-state index contributed by atoms with van der Waals surface area (Å²) in [6.07, 6.45) is 8.27. The fourth-order valence-electron chi connectivity index (χ4n) is 6.90. The monoisotopic (exact) mass is 752 g/mol. The molecule has 0 spiro atoms. The number of anilines is 2. The molecule has 0 radical (unpaired) electrons. The Morgan fingerprint density at radius 3 is 1.15 bits per heavy atom. The molecule has 0 aliphatic rings. The number of rotatable bonds is 18. The number of nitro groups is 4. The Morgan fingerprint density at radius 2 is 0.855 bits per heavy atom. The minimum Gasteiger partial charge on any atom is -0.272 e. The zero-order valence-corrected chi connectivity index (χ0v) is 31.7. The third-order valence-electron chi connectivity index (χ3n) is 9.66. The van der Waals surface area contributed by atoms with Crippen LogP contribution in [-0.2, 0) is 44.9 Å². The molecule has 0 fully saturated rings. The minimum absolute atomic E-state index is 0.0244. The van der Waals surface area contributed by atoms with E-state index in [1.165, 1.54) is 35.4 Å². The number of nitrogens with one attached hydrogen (secondary N) is 2. The van der Waals surface area contributed by atoms with E-state index in [1.807, 2.05) is 0 Å². The molecule has 0 aliphatic heterocycles. The van der Waals surface area contributed by atoms with Gasteiger partial charge in [0.2, 0.25) is 0 Å². The topological polar surface area (TPSA) is 221 Å². The van der Waals surface area contributed by atoms with E-state index in [-0.39, 0.29) is 11.4 Å². The predicted octanol–water partition coefficient (Wildman–Crippen LogP) is 9.18. The highest BCUT2D eigenvalue weighted by atomic mass is 16.6. The fourth-order valence-corrected chi connectivity index (χ4v) is 6.90. The lowest BCUT2D eigenvalue weighted by Crippen LogP contribution is -2.13. The summed E-state index contributed by atoms with van der Waals surface area (Å²) in [7, 11) is 0. The summed E-state index contributed by atoms with van der Waals surface area (Å²) >= 11 is 0. The molecular weight excluding hydrogens is 708 g/mol. The lowest BCUT2D eigenvalue weighted by Gasteiger charge is -2.24. The molecule has 0 saturated heterocycles. The van der Waals surface area contributed by atoms with Crippen molar-refractivity contribution in [3.63, 3.8) is 0 Å². The van der Waals surface area contributed by atoms with Crippen molar-refractivity contribution in [1.29, 1.82) is 0 Å². The van der Waals surface area contributed by atoms with Gasteiger partial charge in [-0.2, -0.15) is 10.2 Å². The van der Waals surface area contributed by atoms with Gasteiger partial charge in [0.25, 0.3) is 11.4 Å². The number of nitro benzene ring substituents is 4. The van der Waals surface area contributed by atoms with Gasteiger partial charge in [0.1, 0.15) is 11.4 Å². The molecule has 0 amide bonds. The molecule has 0 bridgehead atoms. The summed E-state index contributed by atoms with van der Waals surface area (Å²) in [5, 5.41) is 54.7. The lowest BCUT2D eigenvalue weighted by atomic mass is 9.81. The molecule has 0 aromatic heterocycles. The van der Waals surface area contributed by atoms with Crippen LogP contribution >= 0.6 is 0 Å². The van der Waals surface area contributed by atoms with Crippen LogP contribution in [0.25, 0.3) is 0 Å². The highest BCUT2D eigenvalue weighted by molar-refractivity contribution is 5.87. The average molecular weight is 753 g/mol. The highest BCUT2D eigenvalue weighted by Crippen LogP contribution is 2.34. The van der Waals surface area contributed by atoms with Gasteiger partial charge in [-0.1, -0.05) is 53.7 Å². The molecule has 55 heavy (non-hydrogen) atoms. The van der Waals surface area contributed by atoms with E-state index in [4.69, 9.17) is 0 Å². The van der Waals surface area contributed by atoms with Gasteiger partial charge in [0.05, 0.1) is 44.3 Å². The number of benzene rings is 4. The van der Waals surface area contributed by atoms with Crippen LogP contribution in [0.3, 0.4) is 0 Å². The average Bonchev–Trinajstić information content (AvgIpc) is 3.17. The summed E-state index contributed by atoms with van der Waals surface area (Å²) < 4.78 is 0. The molecule has 0 aliphatic carbocycles. The first kappa shape index (κ1) is 41.2. The van der Waals surface area contributed by atoms with Crippen LogP contribution in [0.1, 0.15) is 97.2 Å². The Hall–Kier alpha value is -6.58. The van der Waals surface area contributed by atoms with Gasteiger partial charge in [0.15, 0.2) is 0 Å². The SMILES string of the molecule is CCc1cc(CC)c(Cc2c(CC)cc(CC)c(C=NNc3ccc([N+](=O)[O-])cc3[N+](=O)[O-])c2CC)c(CC)c1C=NNc1ccc([N+](=O)[O-])cc1[N+](=O)[O-]. The van der Waals surface area contributed by atoms with Crippen LogP contribution < -0.4 is 10.9 Å². The van der Waals surface area contributed by atoms with Crippen molar-refractivity contribution in [3.05, 3.63) is 145 Å². The molecule has 16 heteroatoms. The van der Waals surface area contributed by atoms with Crippen molar-refractivity contribution < 1.29 is 19.7 Å². The first-order valence-electron chi connectivity index (χ1n) is 18.1. The normalized spacial score (nSPS) is 11.3. The second-order valence-corrected chi connectivity index (χ2v) is 12.6. The van der Waals surface area contributed by atoms with E-state index in [9.17, 15) is 40.5 Å². The third kappa shape index (κ3) is 9.15. The first-order valence-corrected chi connectivity index (χ1v) is 18.1. The Kier molecular flexibility index (Phi) is 13.8. The van der Waals surface area contributed by atoms with E-state index >= 15 is 0 Å². The van der Waals surface area contributed by atoms with Crippen molar-refractivity contribution in [1.82, 2.24) is 0 Å². The van der Waals surface area contributed by atoms with Gasteiger partial charge < -0.3 is 0 Å². The van der Waals surface area contributed by atoms with Gasteiger partial charge in [-0.05, 0) is 102 Å². The number of non-ortho nitro benzene ring substituents is 2. The van der Waals surface area contributed by atoms with Gasteiger partial charge in [-0.25, -0.2) is 0 Å². The number of nitrogens with zero attached hydrogens (tertiary/aromatic N) is 6. The Bertz CT molecular complexity index is 2050. The van der Waals surface area contributed by atoms with Crippen LogP contribution in [0.15, 0.2) is 58.7 Å². The number of hydrazone groups is 2. The quantitative estimate of drug-likeness (QED) is 0.0557. The lowest BCUT2D eigenvalue weighted by molar-refractivity contribution is -0.393. The van der Waals surface area contributed by atoms with Crippen molar-refractivity contribution >= 4 is 46.6 Å². The van der Waals surface area contributed by atoms with Gasteiger partial charge in [0, 0.05) is 23.3 Å². The van der Waals surface area contributed by atoms with Crippen molar-refractivity contribution in [2.45, 2.75) is 86.5 Å². The number of hydrogen-bond donors (Lipinski definition) is 2. The van der Waals surface area contributed by atoms with Crippen LogP contribution in [0.5, 0.6) is 0 Å². The molecule has 4 rings (SSSR count). The second kappa shape index (κ2) is 18.4. The molecule has 0 unspecified atom stereocenters. The maximum atomic E-state index is 11.7. The molecule has 0 atom stereocenters. The van der Waals surface area contributed by atoms with E-state index in [2.05, 4.69) is 74.7 Å². The maximum Gasteiger partial charge on any atom is 0.301 e.